The molecule has 1 amide bonds. The molecule has 2 heterocycles. The zero-order chi connectivity index (χ0) is 19.4. The van der Waals surface area contributed by atoms with Crippen LogP contribution >= 0.6 is 11.3 Å². The van der Waals surface area contributed by atoms with Gasteiger partial charge in [0.2, 0.25) is 0 Å². The van der Waals surface area contributed by atoms with Crippen molar-refractivity contribution >= 4 is 33.7 Å². The van der Waals surface area contributed by atoms with E-state index in [9.17, 15) is 9.59 Å². The lowest BCUT2D eigenvalue weighted by molar-refractivity contribution is -0.121. The van der Waals surface area contributed by atoms with Gasteiger partial charge in [-0.3, -0.25) is 14.2 Å². The summed E-state index contributed by atoms with van der Waals surface area (Å²) in [5.74, 6) is 0.278. The molecular formula is C19H20N4O3S. The third kappa shape index (κ3) is 4.06. The number of carbonyl (C=O) groups excluding carboxylic acids is 1. The second-order valence-corrected chi connectivity index (χ2v) is 7.11. The van der Waals surface area contributed by atoms with Crippen molar-refractivity contribution in [3.63, 3.8) is 0 Å². The van der Waals surface area contributed by atoms with Crippen molar-refractivity contribution in [2.24, 2.45) is 5.10 Å². The number of aromatic nitrogens is 2. The minimum Gasteiger partial charge on any atom is -0.493 e. The van der Waals surface area contributed by atoms with Crippen LogP contribution in [-0.2, 0) is 11.3 Å². The fourth-order valence-corrected chi connectivity index (χ4v) is 3.61. The molecule has 3 aromatic rings. The molecule has 1 N–H and O–H groups in total. The van der Waals surface area contributed by atoms with Gasteiger partial charge >= 0.3 is 0 Å². The van der Waals surface area contributed by atoms with E-state index in [-0.39, 0.29) is 12.1 Å². The maximum Gasteiger partial charge on any atom is 0.262 e. The largest absolute Gasteiger partial charge is 0.493 e. The lowest BCUT2D eigenvalue weighted by Gasteiger charge is -2.06. The highest BCUT2D eigenvalue weighted by molar-refractivity contribution is 7.18. The van der Waals surface area contributed by atoms with E-state index in [1.54, 1.807) is 0 Å². The molecule has 0 saturated heterocycles. The van der Waals surface area contributed by atoms with Crippen LogP contribution in [0.15, 0.2) is 40.5 Å². The third-order valence-corrected chi connectivity index (χ3v) is 5.20. The molecule has 0 unspecified atom stereocenters. The Bertz CT molecular complexity index is 1070. The van der Waals surface area contributed by atoms with Crippen molar-refractivity contribution in [1.82, 2.24) is 15.0 Å². The molecule has 8 heteroatoms. The summed E-state index contributed by atoms with van der Waals surface area (Å²) < 4.78 is 6.80. The molecule has 0 saturated carbocycles. The summed E-state index contributed by atoms with van der Waals surface area (Å²) in [5.41, 5.74) is 3.88. The predicted octanol–water partition coefficient (Wildman–Crippen LogP) is 2.62. The second kappa shape index (κ2) is 8.13. The summed E-state index contributed by atoms with van der Waals surface area (Å²) in [5, 5.41) is 4.53. The minimum atomic E-state index is -0.409. The normalized spacial score (nSPS) is 11.2. The second-order valence-electron chi connectivity index (χ2n) is 5.91. The lowest BCUT2D eigenvalue weighted by Crippen LogP contribution is -2.30. The summed E-state index contributed by atoms with van der Waals surface area (Å²) in [6.45, 7) is 6.13. The van der Waals surface area contributed by atoms with Crippen molar-refractivity contribution in [3.05, 3.63) is 57.0 Å². The standard InChI is InChI=1S/C19H20N4O3S/c1-4-26-15-8-6-5-7-14(15)9-21-22-16(24)10-23-11-20-18-17(19(23)25)12(2)13(3)27-18/h5-9,11H,4,10H2,1-3H3,(H,22,24). The lowest BCUT2D eigenvalue weighted by atomic mass is 10.2. The van der Waals surface area contributed by atoms with E-state index in [1.807, 2.05) is 45.0 Å². The molecule has 27 heavy (non-hydrogen) atoms. The maximum atomic E-state index is 12.6. The van der Waals surface area contributed by atoms with Crippen LogP contribution < -0.4 is 15.7 Å². The van der Waals surface area contributed by atoms with E-state index in [0.29, 0.717) is 22.6 Å². The van der Waals surface area contributed by atoms with E-state index in [4.69, 9.17) is 4.74 Å². The molecule has 0 spiro atoms. The molecule has 0 aliphatic rings. The molecule has 7 nitrogen and oxygen atoms in total. The van der Waals surface area contributed by atoms with Crippen LogP contribution in [0.5, 0.6) is 5.75 Å². The average Bonchev–Trinajstić information content (AvgIpc) is 2.94. The first-order valence-electron chi connectivity index (χ1n) is 8.50. The van der Waals surface area contributed by atoms with Gasteiger partial charge in [0.25, 0.3) is 11.5 Å². The number of hydrazone groups is 1. The van der Waals surface area contributed by atoms with E-state index >= 15 is 0 Å². The van der Waals surface area contributed by atoms with Crippen LogP contribution in [0.3, 0.4) is 0 Å². The Morgan fingerprint density at radius 2 is 2.15 bits per heavy atom. The van der Waals surface area contributed by atoms with Gasteiger partial charge in [0, 0.05) is 10.4 Å². The summed E-state index contributed by atoms with van der Waals surface area (Å²) in [6, 6.07) is 7.39. The van der Waals surface area contributed by atoms with Crippen LogP contribution in [0, 0.1) is 13.8 Å². The van der Waals surface area contributed by atoms with Crippen LogP contribution in [0.2, 0.25) is 0 Å². The number of benzene rings is 1. The smallest absolute Gasteiger partial charge is 0.262 e. The minimum absolute atomic E-state index is 0.152. The number of para-hydroxylation sites is 1. The highest BCUT2D eigenvalue weighted by Gasteiger charge is 2.13. The molecule has 0 fully saturated rings. The van der Waals surface area contributed by atoms with Crippen LogP contribution in [0.4, 0.5) is 0 Å². The van der Waals surface area contributed by atoms with Crippen molar-refractivity contribution in [2.45, 2.75) is 27.3 Å². The van der Waals surface area contributed by atoms with Gasteiger partial charge in [-0.1, -0.05) is 12.1 Å². The van der Waals surface area contributed by atoms with Crippen molar-refractivity contribution in [3.8, 4) is 5.75 Å². The number of thiophene rings is 1. The number of nitrogens with zero attached hydrogens (tertiary/aromatic N) is 3. The Kier molecular flexibility index (Phi) is 5.66. The molecule has 140 valence electrons. The Morgan fingerprint density at radius 3 is 2.93 bits per heavy atom. The third-order valence-electron chi connectivity index (χ3n) is 4.08. The highest BCUT2D eigenvalue weighted by Crippen LogP contribution is 2.25. The number of hydrogen-bond acceptors (Lipinski definition) is 6. The van der Waals surface area contributed by atoms with Gasteiger partial charge in [0.1, 0.15) is 17.1 Å². The first kappa shape index (κ1) is 18.8. The fraction of sp³-hybridized carbons (Fsp3) is 0.263. The average molecular weight is 384 g/mol. The van der Waals surface area contributed by atoms with Crippen LogP contribution in [0.25, 0.3) is 10.2 Å². The number of fused-ring (bicyclic) bond motifs is 1. The number of amides is 1. The molecule has 0 bridgehead atoms. The molecule has 0 atom stereocenters. The fourth-order valence-electron chi connectivity index (χ4n) is 2.62. The van der Waals surface area contributed by atoms with Gasteiger partial charge in [-0.05, 0) is 38.5 Å². The van der Waals surface area contributed by atoms with Crippen LogP contribution in [-0.4, -0.2) is 28.3 Å². The molecule has 0 aliphatic heterocycles. The zero-order valence-electron chi connectivity index (χ0n) is 15.4. The Morgan fingerprint density at radius 1 is 1.37 bits per heavy atom. The molecule has 1 aromatic carbocycles. The topological polar surface area (TPSA) is 85.6 Å². The van der Waals surface area contributed by atoms with Crippen molar-refractivity contribution < 1.29 is 9.53 Å². The molecule has 3 rings (SSSR count). The molecular weight excluding hydrogens is 364 g/mol. The van der Waals surface area contributed by atoms with E-state index in [0.717, 1.165) is 16.0 Å². The predicted molar refractivity (Wildman–Crippen MR) is 107 cm³/mol. The van der Waals surface area contributed by atoms with Gasteiger partial charge in [-0.15, -0.1) is 11.3 Å². The van der Waals surface area contributed by atoms with E-state index in [1.165, 1.54) is 28.4 Å². The number of hydrogen-bond donors (Lipinski definition) is 1. The zero-order valence-corrected chi connectivity index (χ0v) is 16.2. The molecule has 2 aromatic heterocycles. The quantitative estimate of drug-likeness (QED) is 0.523. The van der Waals surface area contributed by atoms with Gasteiger partial charge < -0.3 is 4.74 Å². The summed E-state index contributed by atoms with van der Waals surface area (Å²) >= 11 is 1.48. The maximum absolute atomic E-state index is 12.6. The number of ether oxygens (including phenoxy) is 1. The van der Waals surface area contributed by atoms with Gasteiger partial charge in [0.05, 0.1) is 24.5 Å². The molecule has 0 radical (unpaired) electrons. The Labute approximate surface area is 160 Å². The van der Waals surface area contributed by atoms with Crippen molar-refractivity contribution in [2.75, 3.05) is 6.61 Å². The first-order valence-corrected chi connectivity index (χ1v) is 9.31. The summed E-state index contributed by atoms with van der Waals surface area (Å²) in [7, 11) is 0. The number of aryl methyl sites for hydroxylation is 2. The van der Waals surface area contributed by atoms with Crippen LogP contribution in [0.1, 0.15) is 22.9 Å². The number of carbonyl (C=O) groups is 1. The van der Waals surface area contributed by atoms with E-state index in [2.05, 4.69) is 15.5 Å². The van der Waals surface area contributed by atoms with Gasteiger partial charge in [0.15, 0.2) is 0 Å². The van der Waals surface area contributed by atoms with Gasteiger partial charge in [-0.2, -0.15) is 5.10 Å². The Balaban J connectivity index is 1.72. The number of rotatable bonds is 6. The SMILES string of the molecule is CCOc1ccccc1C=NNC(=O)Cn1cnc2sc(C)c(C)c2c1=O. The summed E-state index contributed by atoms with van der Waals surface area (Å²) in [4.78, 5) is 30.8. The first-order chi connectivity index (χ1) is 13.0. The van der Waals surface area contributed by atoms with Crippen molar-refractivity contribution in [1.29, 1.82) is 0 Å². The Hall–Kier alpha value is -3.00. The monoisotopic (exact) mass is 384 g/mol. The number of nitrogens with one attached hydrogen (secondary N) is 1. The summed E-state index contributed by atoms with van der Waals surface area (Å²) in [6.07, 6.45) is 2.91. The molecule has 0 aliphatic carbocycles. The van der Waals surface area contributed by atoms with Gasteiger partial charge in [-0.25, -0.2) is 10.4 Å². The van der Waals surface area contributed by atoms with E-state index < -0.39 is 5.91 Å². The highest BCUT2D eigenvalue weighted by atomic mass is 32.1.